The highest BCUT2D eigenvalue weighted by Gasteiger charge is 2.11. The second kappa shape index (κ2) is 5.06. The van der Waals surface area contributed by atoms with Crippen LogP contribution in [-0.2, 0) is 9.84 Å². The van der Waals surface area contributed by atoms with Crippen molar-refractivity contribution in [3.63, 3.8) is 0 Å². The minimum absolute atomic E-state index is 0.206. The molecule has 0 fully saturated rings. The number of nitrogens with zero attached hydrogens (tertiary/aromatic N) is 1. The maximum absolute atomic E-state index is 11.3. The van der Waals surface area contributed by atoms with Crippen LogP contribution in [0.25, 0.3) is 16.5 Å². The number of allylic oxidation sites excluding steroid dienone is 1. The standard InChI is InChI=1S/C12H9NO2S3/c1-18(14,15)11(7-13)6-10-5-9(8-17-10)12-3-2-4-16-12/h2-6,8H,1H3. The van der Waals surface area contributed by atoms with E-state index in [1.54, 1.807) is 17.4 Å². The monoisotopic (exact) mass is 295 g/mol. The molecular weight excluding hydrogens is 286 g/mol. The van der Waals surface area contributed by atoms with Crippen molar-refractivity contribution in [1.29, 1.82) is 5.26 Å². The molecule has 0 radical (unpaired) electrons. The van der Waals surface area contributed by atoms with Crippen LogP contribution < -0.4 is 0 Å². The Hall–Kier alpha value is -1.42. The fraction of sp³-hybridized carbons (Fsp3) is 0.0833. The number of rotatable bonds is 3. The number of hydrogen-bond donors (Lipinski definition) is 0. The molecule has 0 saturated heterocycles. The first-order valence-corrected chi connectivity index (χ1v) is 8.60. The molecule has 18 heavy (non-hydrogen) atoms. The van der Waals surface area contributed by atoms with E-state index >= 15 is 0 Å². The number of hydrogen-bond acceptors (Lipinski definition) is 5. The van der Waals surface area contributed by atoms with Crippen LogP contribution >= 0.6 is 22.7 Å². The van der Waals surface area contributed by atoms with Gasteiger partial charge in [0.1, 0.15) is 11.0 Å². The SMILES string of the molecule is CS(=O)(=O)C(C#N)=Cc1cc(-c2cccs2)cs1. The maximum atomic E-state index is 11.3. The smallest absolute Gasteiger partial charge is 0.185 e. The third kappa shape index (κ3) is 2.88. The minimum atomic E-state index is -3.45. The largest absolute Gasteiger partial charge is 0.223 e. The Balaban J connectivity index is 2.38. The lowest BCUT2D eigenvalue weighted by molar-refractivity contribution is 0.609. The zero-order valence-corrected chi connectivity index (χ0v) is 11.9. The van der Waals surface area contributed by atoms with Crippen LogP contribution in [0.3, 0.4) is 0 Å². The molecule has 0 aromatic carbocycles. The summed E-state index contributed by atoms with van der Waals surface area (Å²) in [7, 11) is -3.45. The summed E-state index contributed by atoms with van der Waals surface area (Å²) in [6, 6.07) is 7.57. The lowest BCUT2D eigenvalue weighted by Crippen LogP contribution is -1.97. The highest BCUT2D eigenvalue weighted by atomic mass is 32.2. The third-order valence-corrected chi connectivity index (χ3v) is 5.02. The summed E-state index contributed by atoms with van der Waals surface area (Å²) in [5, 5.41) is 12.8. The molecule has 6 heteroatoms. The number of sulfone groups is 1. The fourth-order valence-electron chi connectivity index (χ4n) is 1.35. The van der Waals surface area contributed by atoms with Crippen LogP contribution in [0.1, 0.15) is 4.88 Å². The first-order valence-electron chi connectivity index (χ1n) is 4.95. The van der Waals surface area contributed by atoms with Gasteiger partial charge in [0, 0.05) is 21.6 Å². The summed E-state index contributed by atoms with van der Waals surface area (Å²) in [6.45, 7) is 0. The molecule has 2 rings (SSSR count). The lowest BCUT2D eigenvalue weighted by atomic mass is 10.2. The van der Waals surface area contributed by atoms with Crippen LogP contribution in [0.4, 0.5) is 0 Å². The van der Waals surface area contributed by atoms with Gasteiger partial charge < -0.3 is 0 Å². The van der Waals surface area contributed by atoms with Gasteiger partial charge in [0.25, 0.3) is 0 Å². The molecule has 0 amide bonds. The Kier molecular flexibility index (Phi) is 3.66. The van der Waals surface area contributed by atoms with Gasteiger partial charge in [-0.05, 0) is 29.0 Å². The Morgan fingerprint density at radius 3 is 2.78 bits per heavy atom. The Bertz CT molecular complexity index is 716. The topological polar surface area (TPSA) is 57.9 Å². The normalized spacial score (nSPS) is 12.3. The summed E-state index contributed by atoms with van der Waals surface area (Å²) in [5.41, 5.74) is 1.05. The van der Waals surface area contributed by atoms with Crippen LogP contribution in [0.15, 0.2) is 33.9 Å². The summed E-state index contributed by atoms with van der Waals surface area (Å²) in [5.74, 6) is 0. The highest BCUT2D eigenvalue weighted by molar-refractivity contribution is 7.95. The van der Waals surface area contributed by atoms with Gasteiger partial charge in [-0.2, -0.15) is 5.26 Å². The number of nitriles is 1. The van der Waals surface area contributed by atoms with Crippen LogP contribution in [0, 0.1) is 11.3 Å². The van der Waals surface area contributed by atoms with Crippen molar-refractivity contribution in [2.45, 2.75) is 0 Å². The molecule has 0 aliphatic carbocycles. The van der Waals surface area contributed by atoms with E-state index in [9.17, 15) is 8.42 Å². The molecular formula is C12H9NO2S3. The van der Waals surface area contributed by atoms with Gasteiger partial charge in [-0.3, -0.25) is 0 Å². The van der Waals surface area contributed by atoms with E-state index < -0.39 is 9.84 Å². The van der Waals surface area contributed by atoms with Crippen molar-refractivity contribution in [2.75, 3.05) is 6.26 Å². The molecule has 3 nitrogen and oxygen atoms in total. The van der Waals surface area contributed by atoms with E-state index in [2.05, 4.69) is 0 Å². The highest BCUT2D eigenvalue weighted by Crippen LogP contribution is 2.30. The molecule has 0 N–H and O–H groups in total. The zero-order valence-electron chi connectivity index (χ0n) is 9.45. The van der Waals surface area contributed by atoms with Gasteiger partial charge >= 0.3 is 0 Å². The average molecular weight is 295 g/mol. The Morgan fingerprint density at radius 1 is 1.44 bits per heavy atom. The van der Waals surface area contributed by atoms with Crippen molar-refractivity contribution in [3.05, 3.63) is 38.7 Å². The van der Waals surface area contributed by atoms with Crippen molar-refractivity contribution in [2.24, 2.45) is 0 Å². The fourth-order valence-corrected chi connectivity index (χ4v) is 3.56. The summed E-state index contributed by atoms with van der Waals surface area (Å²) in [4.78, 5) is 1.69. The van der Waals surface area contributed by atoms with Gasteiger partial charge in [0.2, 0.25) is 0 Å². The third-order valence-electron chi connectivity index (χ3n) is 2.21. The molecule has 2 aromatic rings. The van der Waals surface area contributed by atoms with Crippen molar-refractivity contribution < 1.29 is 8.42 Å². The summed E-state index contributed by atoms with van der Waals surface area (Å²) >= 11 is 3.04. The Morgan fingerprint density at radius 2 is 2.22 bits per heavy atom. The van der Waals surface area contributed by atoms with E-state index in [0.717, 1.165) is 21.6 Å². The van der Waals surface area contributed by atoms with E-state index in [0.29, 0.717) is 0 Å². The number of thiophene rings is 2. The van der Waals surface area contributed by atoms with Crippen molar-refractivity contribution in [1.82, 2.24) is 0 Å². The van der Waals surface area contributed by atoms with Crippen LogP contribution in [-0.4, -0.2) is 14.7 Å². The van der Waals surface area contributed by atoms with E-state index in [1.165, 1.54) is 17.4 Å². The molecule has 2 heterocycles. The van der Waals surface area contributed by atoms with Crippen LogP contribution in [0.2, 0.25) is 0 Å². The molecule has 0 bridgehead atoms. The molecule has 0 saturated carbocycles. The molecule has 92 valence electrons. The predicted molar refractivity (Wildman–Crippen MR) is 76.1 cm³/mol. The maximum Gasteiger partial charge on any atom is 0.185 e. The molecule has 2 aromatic heterocycles. The van der Waals surface area contributed by atoms with Gasteiger partial charge in [-0.25, -0.2) is 8.42 Å². The predicted octanol–water partition coefficient (Wildman–Crippen LogP) is 3.39. The summed E-state index contributed by atoms with van der Waals surface area (Å²) in [6.07, 6.45) is 2.45. The van der Waals surface area contributed by atoms with E-state index in [1.807, 2.05) is 29.0 Å². The van der Waals surface area contributed by atoms with Gasteiger partial charge in [-0.1, -0.05) is 6.07 Å². The Labute approximate surface area is 114 Å². The van der Waals surface area contributed by atoms with E-state index in [-0.39, 0.29) is 4.91 Å². The second-order valence-electron chi connectivity index (χ2n) is 3.61. The zero-order chi connectivity index (χ0) is 13.2. The minimum Gasteiger partial charge on any atom is -0.223 e. The first-order chi connectivity index (χ1) is 8.50. The van der Waals surface area contributed by atoms with Gasteiger partial charge in [-0.15, -0.1) is 22.7 Å². The van der Waals surface area contributed by atoms with Crippen molar-refractivity contribution >= 4 is 38.6 Å². The average Bonchev–Trinajstić information content (AvgIpc) is 2.94. The van der Waals surface area contributed by atoms with Gasteiger partial charge in [0.15, 0.2) is 9.84 Å². The van der Waals surface area contributed by atoms with Crippen LogP contribution in [0.5, 0.6) is 0 Å². The molecule has 0 spiro atoms. The lowest BCUT2D eigenvalue weighted by Gasteiger charge is -1.92. The van der Waals surface area contributed by atoms with E-state index in [4.69, 9.17) is 5.26 Å². The molecule has 0 atom stereocenters. The second-order valence-corrected chi connectivity index (χ2v) is 7.48. The quantitative estimate of drug-likeness (QED) is 0.816. The summed E-state index contributed by atoms with van der Waals surface area (Å²) < 4.78 is 22.6. The first kappa shape index (κ1) is 13.0. The molecule has 0 unspecified atom stereocenters. The van der Waals surface area contributed by atoms with Crippen molar-refractivity contribution in [3.8, 4) is 16.5 Å². The molecule has 0 aliphatic rings. The molecule has 0 aliphatic heterocycles. The van der Waals surface area contributed by atoms with Gasteiger partial charge in [0.05, 0.1) is 0 Å².